The summed E-state index contributed by atoms with van der Waals surface area (Å²) >= 11 is 0. The highest BCUT2D eigenvalue weighted by atomic mass is 16.2. The third-order valence-corrected chi connectivity index (χ3v) is 5.18. The number of urea groups is 1. The average molecular weight is 314 g/mol. The minimum atomic E-state index is -0.803. The van der Waals surface area contributed by atoms with Gasteiger partial charge in [-0.25, -0.2) is 4.79 Å². The molecule has 1 saturated heterocycles. The largest absolute Gasteiger partial charge is 0.325 e. The van der Waals surface area contributed by atoms with Crippen LogP contribution in [0.5, 0.6) is 0 Å². The Morgan fingerprint density at radius 1 is 1.26 bits per heavy atom. The van der Waals surface area contributed by atoms with Crippen LogP contribution in [0.4, 0.5) is 4.79 Å². The lowest BCUT2D eigenvalue weighted by atomic mass is 9.73. The molecule has 2 aliphatic rings. The van der Waals surface area contributed by atoms with Crippen LogP contribution in [-0.4, -0.2) is 34.7 Å². The van der Waals surface area contributed by atoms with Gasteiger partial charge < -0.3 is 5.32 Å². The molecule has 0 unspecified atom stereocenters. The van der Waals surface area contributed by atoms with Gasteiger partial charge in [0.25, 0.3) is 5.91 Å². The number of rotatable bonds is 3. The van der Waals surface area contributed by atoms with E-state index in [1.165, 1.54) is 0 Å². The summed E-state index contributed by atoms with van der Waals surface area (Å²) in [4.78, 5) is 38.6. The maximum Gasteiger partial charge on any atom is 0.325 e. The number of nitrogens with one attached hydrogen (secondary N) is 1. The van der Waals surface area contributed by atoms with Crippen molar-refractivity contribution in [3.05, 3.63) is 35.4 Å². The Bertz CT molecular complexity index is 653. The van der Waals surface area contributed by atoms with Crippen LogP contribution >= 0.6 is 0 Å². The number of aryl methyl sites for hydroxylation is 1. The zero-order valence-electron chi connectivity index (χ0n) is 13.6. The summed E-state index contributed by atoms with van der Waals surface area (Å²) in [7, 11) is 0. The van der Waals surface area contributed by atoms with Crippen molar-refractivity contribution in [1.29, 1.82) is 0 Å². The van der Waals surface area contributed by atoms with E-state index in [0.29, 0.717) is 12.0 Å². The highest BCUT2D eigenvalue weighted by Crippen LogP contribution is 2.38. The lowest BCUT2D eigenvalue weighted by molar-refractivity contribution is -0.133. The van der Waals surface area contributed by atoms with Crippen molar-refractivity contribution in [3.63, 3.8) is 0 Å². The highest BCUT2D eigenvalue weighted by Gasteiger charge is 2.55. The molecule has 2 atom stereocenters. The van der Waals surface area contributed by atoms with E-state index in [2.05, 4.69) is 5.32 Å². The van der Waals surface area contributed by atoms with Crippen molar-refractivity contribution in [2.75, 3.05) is 6.54 Å². The lowest BCUT2D eigenvalue weighted by Crippen LogP contribution is -2.54. The molecule has 0 aromatic heterocycles. The minimum Gasteiger partial charge on any atom is -0.323 e. The van der Waals surface area contributed by atoms with Gasteiger partial charge in [0.1, 0.15) is 5.54 Å². The van der Waals surface area contributed by atoms with Crippen molar-refractivity contribution in [2.45, 2.75) is 45.1 Å². The normalized spacial score (nSPS) is 27.4. The molecule has 5 heteroatoms. The summed E-state index contributed by atoms with van der Waals surface area (Å²) in [5.41, 5.74) is 0.781. The molecule has 1 aliphatic heterocycles. The summed E-state index contributed by atoms with van der Waals surface area (Å²) < 4.78 is 0. The molecule has 0 radical (unpaired) electrons. The fourth-order valence-corrected chi connectivity index (χ4v) is 3.61. The molecule has 1 aliphatic carbocycles. The van der Waals surface area contributed by atoms with Crippen LogP contribution in [0.25, 0.3) is 0 Å². The maximum absolute atomic E-state index is 12.8. The fourth-order valence-electron chi connectivity index (χ4n) is 3.61. The molecule has 1 aromatic carbocycles. The number of hydrogen-bond acceptors (Lipinski definition) is 3. The van der Waals surface area contributed by atoms with Crippen LogP contribution < -0.4 is 5.32 Å². The summed E-state index contributed by atoms with van der Waals surface area (Å²) in [5.74, 6) is -0.351. The van der Waals surface area contributed by atoms with E-state index in [4.69, 9.17) is 0 Å². The number of Topliss-reactive ketones (excluding diaryl/α,β-unsaturated/α-hetero) is 1. The zero-order valence-corrected chi connectivity index (χ0v) is 13.6. The number of nitrogens with zero attached hydrogens (tertiary/aromatic N) is 1. The first-order valence-electron chi connectivity index (χ1n) is 8.18. The van der Waals surface area contributed by atoms with Crippen LogP contribution in [0, 0.1) is 12.8 Å². The number of carbonyl (C=O) groups excluding carboxylic acids is 3. The van der Waals surface area contributed by atoms with Gasteiger partial charge >= 0.3 is 6.03 Å². The third-order valence-electron chi connectivity index (χ3n) is 5.18. The molecule has 1 N–H and O–H groups in total. The van der Waals surface area contributed by atoms with Gasteiger partial charge in [-0.2, -0.15) is 0 Å². The van der Waals surface area contributed by atoms with Gasteiger partial charge in [-0.05, 0) is 25.7 Å². The van der Waals surface area contributed by atoms with Gasteiger partial charge in [0.05, 0.1) is 6.54 Å². The fraction of sp³-hybridized carbons (Fsp3) is 0.500. The monoisotopic (exact) mass is 314 g/mol. The molecule has 1 aromatic rings. The highest BCUT2D eigenvalue weighted by molar-refractivity contribution is 6.11. The van der Waals surface area contributed by atoms with Gasteiger partial charge in [0.2, 0.25) is 0 Å². The quantitative estimate of drug-likeness (QED) is 0.689. The first-order chi connectivity index (χ1) is 10.9. The van der Waals surface area contributed by atoms with Crippen molar-refractivity contribution in [2.24, 2.45) is 5.92 Å². The van der Waals surface area contributed by atoms with Crippen LogP contribution in [0.1, 0.15) is 48.5 Å². The molecular formula is C18H22N2O3. The Morgan fingerprint density at radius 2 is 1.96 bits per heavy atom. The molecule has 1 saturated carbocycles. The SMILES string of the molecule is Cc1ccc(C(=O)CN2C(=O)N[C@]3(CCCC[C@@H]3C)C2=O)cc1. The lowest BCUT2D eigenvalue weighted by Gasteiger charge is -2.36. The number of imide groups is 1. The molecule has 3 amide bonds. The summed E-state index contributed by atoms with van der Waals surface area (Å²) in [6.07, 6.45) is 3.59. The second-order valence-corrected chi connectivity index (χ2v) is 6.73. The van der Waals surface area contributed by atoms with Gasteiger partial charge in [-0.1, -0.05) is 49.6 Å². The van der Waals surface area contributed by atoms with Crippen molar-refractivity contribution < 1.29 is 14.4 Å². The zero-order chi connectivity index (χ0) is 16.6. The first kappa shape index (κ1) is 15.7. The Hall–Kier alpha value is -2.17. The minimum absolute atomic E-state index is 0.104. The molecule has 3 rings (SSSR count). The van der Waals surface area contributed by atoms with Crippen LogP contribution in [0.3, 0.4) is 0 Å². The van der Waals surface area contributed by atoms with Gasteiger partial charge in [-0.15, -0.1) is 0 Å². The predicted molar refractivity (Wildman–Crippen MR) is 86.1 cm³/mol. The van der Waals surface area contributed by atoms with Crippen LogP contribution in [0.15, 0.2) is 24.3 Å². The van der Waals surface area contributed by atoms with E-state index in [0.717, 1.165) is 29.7 Å². The van der Waals surface area contributed by atoms with Crippen molar-refractivity contribution in [3.8, 4) is 0 Å². The first-order valence-corrected chi connectivity index (χ1v) is 8.18. The van der Waals surface area contributed by atoms with Crippen molar-refractivity contribution in [1.82, 2.24) is 10.2 Å². The van der Waals surface area contributed by atoms with E-state index in [1.807, 2.05) is 26.0 Å². The molecular weight excluding hydrogens is 292 g/mol. The maximum atomic E-state index is 12.8. The number of benzene rings is 1. The second kappa shape index (κ2) is 5.80. The number of hydrogen-bond donors (Lipinski definition) is 1. The van der Waals surface area contributed by atoms with E-state index < -0.39 is 11.6 Å². The molecule has 1 spiro atoms. The molecule has 122 valence electrons. The van der Waals surface area contributed by atoms with Gasteiger partial charge in [0, 0.05) is 5.56 Å². The van der Waals surface area contributed by atoms with E-state index in [9.17, 15) is 14.4 Å². The predicted octanol–water partition coefficient (Wildman–Crippen LogP) is 2.68. The molecule has 2 fully saturated rings. The van der Waals surface area contributed by atoms with E-state index in [-0.39, 0.29) is 24.2 Å². The topological polar surface area (TPSA) is 66.5 Å². The third kappa shape index (κ3) is 2.64. The van der Waals surface area contributed by atoms with E-state index in [1.54, 1.807) is 12.1 Å². The summed E-state index contributed by atoms with van der Waals surface area (Å²) in [6.45, 7) is 3.75. The van der Waals surface area contributed by atoms with E-state index >= 15 is 0 Å². The number of carbonyl (C=O) groups is 3. The van der Waals surface area contributed by atoms with Crippen LogP contribution in [-0.2, 0) is 4.79 Å². The number of ketones is 1. The summed E-state index contributed by atoms with van der Waals surface area (Å²) in [5, 5.41) is 2.87. The second-order valence-electron chi connectivity index (χ2n) is 6.73. The Labute approximate surface area is 136 Å². The summed E-state index contributed by atoms with van der Waals surface area (Å²) in [6, 6.07) is 6.72. The van der Waals surface area contributed by atoms with Crippen molar-refractivity contribution >= 4 is 17.7 Å². The molecule has 0 bridgehead atoms. The molecule has 1 heterocycles. The smallest absolute Gasteiger partial charge is 0.323 e. The average Bonchev–Trinajstić information content (AvgIpc) is 2.76. The van der Waals surface area contributed by atoms with Crippen LogP contribution in [0.2, 0.25) is 0 Å². The van der Waals surface area contributed by atoms with Gasteiger partial charge in [-0.3, -0.25) is 14.5 Å². The molecule has 23 heavy (non-hydrogen) atoms. The van der Waals surface area contributed by atoms with Gasteiger partial charge in [0.15, 0.2) is 5.78 Å². The number of amides is 3. The standard InChI is InChI=1S/C18H22N2O3/c1-12-6-8-14(9-7-12)15(21)11-20-16(22)18(19-17(20)23)10-4-3-5-13(18)2/h6-9,13H,3-5,10-11H2,1-2H3,(H,19,23)/t13-,18-/m0/s1. The Kier molecular flexibility index (Phi) is 3.96. The Morgan fingerprint density at radius 3 is 2.61 bits per heavy atom. The Balaban J connectivity index is 1.78. The molecule has 5 nitrogen and oxygen atoms in total.